The van der Waals surface area contributed by atoms with Gasteiger partial charge in [0.25, 0.3) is 0 Å². The van der Waals surface area contributed by atoms with E-state index < -0.39 is 0 Å². The molecule has 2 rings (SSSR count). The summed E-state index contributed by atoms with van der Waals surface area (Å²) < 4.78 is 13.1. The van der Waals surface area contributed by atoms with Crippen LogP contribution in [0.4, 0.5) is 4.39 Å². The number of carbonyl (C=O) groups excluding carboxylic acids is 1. The van der Waals surface area contributed by atoms with Crippen molar-refractivity contribution in [2.45, 2.75) is 36.0 Å². The van der Waals surface area contributed by atoms with Gasteiger partial charge >= 0.3 is 0 Å². The maximum atomic E-state index is 13.1. The number of thioether (sulfide) groups is 2. The molecular weight excluding hydrogens is 267 g/mol. The first kappa shape index (κ1) is 13.9. The number of benzene rings is 1. The van der Waals surface area contributed by atoms with Crippen LogP contribution in [0, 0.1) is 5.82 Å². The molecule has 0 bridgehead atoms. The Balaban J connectivity index is 1.96. The van der Waals surface area contributed by atoms with Gasteiger partial charge in [-0.1, -0.05) is 26.0 Å². The summed E-state index contributed by atoms with van der Waals surface area (Å²) in [5, 5.41) is 1.17. The Bertz CT molecular complexity index is 436. The third-order valence-electron chi connectivity index (χ3n) is 3.18. The highest BCUT2D eigenvalue weighted by Gasteiger charge is 2.29. The van der Waals surface area contributed by atoms with Gasteiger partial charge in [0.15, 0.2) is 5.78 Å². The van der Waals surface area contributed by atoms with Crippen molar-refractivity contribution in [3.05, 3.63) is 35.6 Å². The highest BCUT2D eigenvalue weighted by atomic mass is 32.2. The zero-order valence-corrected chi connectivity index (χ0v) is 12.2. The highest BCUT2D eigenvalue weighted by Crippen LogP contribution is 2.36. The molecule has 0 saturated carbocycles. The van der Waals surface area contributed by atoms with Gasteiger partial charge in [0.1, 0.15) is 5.82 Å². The van der Waals surface area contributed by atoms with E-state index in [4.69, 9.17) is 0 Å². The maximum Gasteiger partial charge on any atom is 0.151 e. The third-order valence-corrected chi connectivity index (χ3v) is 6.62. The fraction of sp³-hybridized carbons (Fsp3) is 0.500. The molecule has 0 radical (unpaired) electrons. The molecule has 1 fully saturated rings. The van der Waals surface area contributed by atoms with E-state index in [1.165, 1.54) is 12.1 Å². The van der Waals surface area contributed by atoms with Crippen LogP contribution in [0.5, 0.6) is 0 Å². The van der Waals surface area contributed by atoms with Crippen LogP contribution in [0.1, 0.15) is 19.4 Å². The summed E-state index contributed by atoms with van der Waals surface area (Å²) in [6.45, 7) is 4.37. The standard InChI is InChI=1S/C14H17FOS2/c1-9-10(2)18-14(8-17-9)13(16)7-11-4-3-5-12(15)6-11/h3-6,9-10,14H,7-8H2,1-2H3. The molecular formula is C14H17FOS2. The molecule has 3 atom stereocenters. The molecule has 1 aliphatic heterocycles. The molecule has 0 spiro atoms. The fourth-order valence-electron chi connectivity index (χ4n) is 1.91. The summed E-state index contributed by atoms with van der Waals surface area (Å²) in [7, 11) is 0. The Morgan fingerprint density at radius 3 is 2.83 bits per heavy atom. The van der Waals surface area contributed by atoms with Crippen LogP contribution in [0.3, 0.4) is 0 Å². The van der Waals surface area contributed by atoms with Crippen LogP contribution in [0.2, 0.25) is 0 Å². The van der Waals surface area contributed by atoms with Gasteiger partial charge in [-0.15, -0.1) is 11.8 Å². The maximum absolute atomic E-state index is 13.1. The van der Waals surface area contributed by atoms with Gasteiger partial charge in [-0.2, -0.15) is 11.8 Å². The molecule has 0 aliphatic carbocycles. The van der Waals surface area contributed by atoms with Gasteiger partial charge in [-0.3, -0.25) is 4.79 Å². The van der Waals surface area contributed by atoms with Crippen molar-refractivity contribution in [3.63, 3.8) is 0 Å². The van der Waals surface area contributed by atoms with Crippen molar-refractivity contribution in [3.8, 4) is 0 Å². The second-order valence-electron chi connectivity index (χ2n) is 4.64. The lowest BCUT2D eigenvalue weighted by atomic mass is 10.1. The van der Waals surface area contributed by atoms with Gasteiger partial charge in [-0.25, -0.2) is 4.39 Å². The molecule has 1 aromatic carbocycles. The number of hydrogen-bond donors (Lipinski definition) is 0. The lowest BCUT2D eigenvalue weighted by Crippen LogP contribution is -2.32. The summed E-state index contributed by atoms with van der Waals surface area (Å²) in [4.78, 5) is 12.2. The highest BCUT2D eigenvalue weighted by molar-refractivity contribution is 8.08. The molecule has 98 valence electrons. The zero-order chi connectivity index (χ0) is 13.1. The lowest BCUT2D eigenvalue weighted by Gasteiger charge is -2.30. The number of rotatable bonds is 3. The van der Waals surface area contributed by atoms with Crippen LogP contribution < -0.4 is 0 Å². The fourth-order valence-corrected chi connectivity index (χ4v) is 4.80. The number of Topliss-reactive ketones (excluding diaryl/α,β-unsaturated/α-hetero) is 1. The molecule has 1 heterocycles. The van der Waals surface area contributed by atoms with E-state index in [2.05, 4.69) is 13.8 Å². The van der Waals surface area contributed by atoms with Crippen molar-refractivity contribution >= 4 is 29.3 Å². The van der Waals surface area contributed by atoms with Gasteiger partial charge in [-0.05, 0) is 17.7 Å². The van der Waals surface area contributed by atoms with E-state index in [9.17, 15) is 9.18 Å². The summed E-state index contributed by atoms with van der Waals surface area (Å²) in [6.07, 6.45) is 0.344. The number of halogens is 1. The van der Waals surface area contributed by atoms with Crippen molar-refractivity contribution in [2.75, 3.05) is 5.75 Å². The molecule has 0 amide bonds. The van der Waals surface area contributed by atoms with Crippen LogP contribution in [0.25, 0.3) is 0 Å². The quantitative estimate of drug-likeness (QED) is 0.845. The Kier molecular flexibility index (Phi) is 4.73. The minimum absolute atomic E-state index is 0.0597. The molecule has 1 aliphatic rings. The predicted octanol–water partition coefficient (Wildman–Crippen LogP) is 3.56. The van der Waals surface area contributed by atoms with Crippen LogP contribution in [0.15, 0.2) is 24.3 Å². The average molecular weight is 284 g/mol. The molecule has 3 unspecified atom stereocenters. The van der Waals surface area contributed by atoms with Crippen molar-refractivity contribution in [1.29, 1.82) is 0 Å². The second kappa shape index (κ2) is 6.11. The van der Waals surface area contributed by atoms with E-state index >= 15 is 0 Å². The molecule has 1 saturated heterocycles. The third kappa shape index (κ3) is 3.51. The van der Waals surface area contributed by atoms with Crippen molar-refractivity contribution in [1.82, 2.24) is 0 Å². The Morgan fingerprint density at radius 1 is 1.39 bits per heavy atom. The number of hydrogen-bond acceptors (Lipinski definition) is 3. The van der Waals surface area contributed by atoms with Gasteiger partial charge in [0.2, 0.25) is 0 Å². The molecule has 0 aromatic heterocycles. The summed E-state index contributed by atoms with van der Waals surface area (Å²) in [5.41, 5.74) is 0.775. The van der Waals surface area contributed by atoms with Gasteiger partial charge < -0.3 is 0 Å². The Labute approximate surface area is 116 Å². The number of carbonyl (C=O) groups is 1. The van der Waals surface area contributed by atoms with E-state index in [1.807, 2.05) is 17.8 Å². The normalized spacial score (nSPS) is 28.1. The minimum Gasteiger partial charge on any atom is -0.298 e. The van der Waals surface area contributed by atoms with Crippen LogP contribution in [-0.4, -0.2) is 27.3 Å². The van der Waals surface area contributed by atoms with Gasteiger partial charge in [0.05, 0.1) is 5.25 Å². The monoisotopic (exact) mass is 284 g/mol. The van der Waals surface area contributed by atoms with Crippen molar-refractivity contribution < 1.29 is 9.18 Å². The first-order chi connectivity index (χ1) is 8.56. The van der Waals surface area contributed by atoms with Crippen LogP contribution in [-0.2, 0) is 11.2 Å². The Morgan fingerprint density at radius 2 is 2.17 bits per heavy atom. The van der Waals surface area contributed by atoms with E-state index in [0.717, 1.165) is 11.3 Å². The molecule has 18 heavy (non-hydrogen) atoms. The molecule has 0 N–H and O–H groups in total. The lowest BCUT2D eigenvalue weighted by molar-refractivity contribution is -0.117. The minimum atomic E-state index is -0.270. The summed E-state index contributed by atoms with van der Waals surface area (Å²) in [6, 6.07) is 6.33. The smallest absolute Gasteiger partial charge is 0.151 e. The topological polar surface area (TPSA) is 17.1 Å². The second-order valence-corrected chi connectivity index (χ2v) is 7.64. The number of ketones is 1. The van der Waals surface area contributed by atoms with E-state index in [1.54, 1.807) is 17.8 Å². The molecule has 1 nitrogen and oxygen atoms in total. The average Bonchev–Trinajstić information content (AvgIpc) is 2.32. The van der Waals surface area contributed by atoms with E-state index in [-0.39, 0.29) is 16.9 Å². The first-order valence-corrected chi connectivity index (χ1v) is 8.09. The van der Waals surface area contributed by atoms with E-state index in [0.29, 0.717) is 16.9 Å². The molecule has 1 aromatic rings. The SMILES string of the molecule is CC1SCC(C(=O)Cc2cccc(F)c2)SC1C. The molecule has 4 heteroatoms. The predicted molar refractivity (Wildman–Crippen MR) is 77.9 cm³/mol. The largest absolute Gasteiger partial charge is 0.298 e. The van der Waals surface area contributed by atoms with Crippen LogP contribution >= 0.6 is 23.5 Å². The summed E-state index contributed by atoms with van der Waals surface area (Å²) >= 11 is 3.62. The first-order valence-electron chi connectivity index (χ1n) is 6.10. The summed E-state index contributed by atoms with van der Waals surface area (Å²) in [5.74, 6) is 0.828. The van der Waals surface area contributed by atoms with Gasteiger partial charge in [0, 0.05) is 22.7 Å². The zero-order valence-electron chi connectivity index (χ0n) is 10.6. The van der Waals surface area contributed by atoms with Crippen molar-refractivity contribution in [2.24, 2.45) is 0 Å². The Hall–Kier alpha value is -0.480.